The second-order valence-corrected chi connectivity index (χ2v) is 4.57. The summed E-state index contributed by atoms with van der Waals surface area (Å²) in [6.45, 7) is 0.157. The van der Waals surface area contributed by atoms with Crippen LogP contribution in [0.15, 0.2) is 40.8 Å². The summed E-state index contributed by atoms with van der Waals surface area (Å²) in [5.74, 6) is -0.535. The molecule has 1 amide bonds. The molecule has 0 radical (unpaired) electrons. The first-order valence-corrected chi connectivity index (χ1v) is 6.75. The van der Waals surface area contributed by atoms with Gasteiger partial charge in [-0.05, 0) is 12.1 Å². The molecule has 0 fully saturated rings. The Morgan fingerprint density at radius 2 is 2.04 bits per heavy atom. The number of methoxy groups -OCH3 is 2. The standard InChI is InChI=1S/C15H16N2O6/c1-21-11-6-4-3-5-10(11)13(22-2)9-16-15(18)12-7-8-14(23-12)17(19)20/h3-8,13H,9H2,1-2H3,(H,16,18). The molecular weight excluding hydrogens is 304 g/mol. The van der Waals surface area contributed by atoms with E-state index in [0.29, 0.717) is 5.75 Å². The average Bonchev–Trinajstić information content (AvgIpc) is 3.06. The van der Waals surface area contributed by atoms with Crippen LogP contribution in [0, 0.1) is 10.1 Å². The van der Waals surface area contributed by atoms with Crippen molar-refractivity contribution in [3.05, 3.63) is 57.8 Å². The molecule has 1 atom stereocenters. The Kier molecular flexibility index (Phi) is 5.32. The Morgan fingerprint density at radius 3 is 2.65 bits per heavy atom. The number of furan rings is 1. The number of nitrogens with zero attached hydrogens (tertiary/aromatic N) is 1. The Labute approximate surface area is 132 Å². The minimum Gasteiger partial charge on any atom is -0.496 e. The number of carbonyl (C=O) groups is 1. The van der Waals surface area contributed by atoms with Crippen molar-refractivity contribution in [3.63, 3.8) is 0 Å². The van der Waals surface area contributed by atoms with Crippen LogP contribution in [0.5, 0.6) is 5.75 Å². The van der Waals surface area contributed by atoms with Crippen molar-refractivity contribution in [1.82, 2.24) is 5.32 Å². The molecule has 0 saturated heterocycles. The normalized spacial score (nSPS) is 11.7. The van der Waals surface area contributed by atoms with Gasteiger partial charge in [0.1, 0.15) is 16.8 Å². The van der Waals surface area contributed by atoms with Gasteiger partial charge in [0.05, 0.1) is 13.2 Å². The Hall–Kier alpha value is -2.87. The van der Waals surface area contributed by atoms with Crippen molar-refractivity contribution in [1.29, 1.82) is 0 Å². The average molecular weight is 320 g/mol. The van der Waals surface area contributed by atoms with E-state index in [9.17, 15) is 14.9 Å². The van der Waals surface area contributed by atoms with E-state index < -0.39 is 22.8 Å². The minimum atomic E-state index is -0.705. The van der Waals surface area contributed by atoms with Crippen LogP contribution in [0.2, 0.25) is 0 Å². The second-order valence-electron chi connectivity index (χ2n) is 4.57. The van der Waals surface area contributed by atoms with E-state index in [-0.39, 0.29) is 12.3 Å². The first-order valence-electron chi connectivity index (χ1n) is 6.75. The number of hydrogen-bond donors (Lipinski definition) is 1. The molecule has 0 spiro atoms. The summed E-state index contributed by atoms with van der Waals surface area (Å²) >= 11 is 0. The predicted octanol–water partition coefficient (Wildman–Crippen LogP) is 2.31. The number of nitro groups is 1. The molecule has 2 rings (SSSR count). The monoisotopic (exact) mass is 320 g/mol. The SMILES string of the molecule is COc1ccccc1C(CNC(=O)c1ccc([N+](=O)[O-])o1)OC. The van der Waals surface area contributed by atoms with Crippen LogP contribution < -0.4 is 10.1 Å². The van der Waals surface area contributed by atoms with Crippen LogP contribution >= 0.6 is 0 Å². The van der Waals surface area contributed by atoms with E-state index in [4.69, 9.17) is 13.9 Å². The summed E-state index contributed by atoms with van der Waals surface area (Å²) in [5, 5.41) is 13.2. The van der Waals surface area contributed by atoms with Crippen molar-refractivity contribution >= 4 is 11.8 Å². The number of hydrogen-bond acceptors (Lipinski definition) is 6. The lowest BCUT2D eigenvalue weighted by Crippen LogP contribution is -2.29. The molecule has 0 aliphatic rings. The molecule has 1 aromatic heterocycles. The Morgan fingerprint density at radius 1 is 1.30 bits per heavy atom. The van der Waals surface area contributed by atoms with Gasteiger partial charge in [0.2, 0.25) is 0 Å². The van der Waals surface area contributed by atoms with Crippen molar-refractivity contribution < 1.29 is 23.6 Å². The topological polar surface area (TPSA) is 104 Å². The van der Waals surface area contributed by atoms with Gasteiger partial charge in [-0.15, -0.1) is 0 Å². The molecule has 1 heterocycles. The van der Waals surface area contributed by atoms with E-state index >= 15 is 0 Å². The van der Waals surface area contributed by atoms with Gasteiger partial charge < -0.3 is 19.2 Å². The highest BCUT2D eigenvalue weighted by Gasteiger charge is 2.20. The number of benzene rings is 1. The molecule has 122 valence electrons. The van der Waals surface area contributed by atoms with Crippen molar-refractivity contribution in [2.75, 3.05) is 20.8 Å². The molecule has 0 saturated carbocycles. The molecular formula is C15H16N2O6. The molecule has 1 N–H and O–H groups in total. The van der Waals surface area contributed by atoms with E-state index in [0.717, 1.165) is 11.6 Å². The third kappa shape index (κ3) is 3.86. The fraction of sp³-hybridized carbons (Fsp3) is 0.267. The highest BCUT2D eigenvalue weighted by molar-refractivity contribution is 5.91. The summed E-state index contributed by atoms with van der Waals surface area (Å²) in [7, 11) is 3.06. The third-order valence-electron chi connectivity index (χ3n) is 3.21. The summed E-state index contributed by atoms with van der Waals surface area (Å²) in [6, 6.07) is 9.66. The van der Waals surface area contributed by atoms with E-state index in [1.807, 2.05) is 18.2 Å². The van der Waals surface area contributed by atoms with Crippen molar-refractivity contribution in [3.8, 4) is 5.75 Å². The molecule has 8 nitrogen and oxygen atoms in total. The van der Waals surface area contributed by atoms with Crippen LogP contribution in [-0.2, 0) is 4.74 Å². The lowest BCUT2D eigenvalue weighted by molar-refractivity contribution is -0.402. The van der Waals surface area contributed by atoms with E-state index in [2.05, 4.69) is 5.32 Å². The van der Waals surface area contributed by atoms with Crippen LogP contribution in [0.4, 0.5) is 5.88 Å². The summed E-state index contributed by atoms with van der Waals surface area (Å²) in [4.78, 5) is 21.8. The Bertz CT molecular complexity index is 697. The van der Waals surface area contributed by atoms with Gasteiger partial charge in [-0.2, -0.15) is 0 Å². The molecule has 1 aromatic carbocycles. The van der Waals surface area contributed by atoms with Crippen LogP contribution in [-0.4, -0.2) is 31.6 Å². The molecule has 8 heteroatoms. The summed E-state index contributed by atoms with van der Waals surface area (Å²) in [5.41, 5.74) is 0.781. The molecule has 2 aromatic rings. The van der Waals surface area contributed by atoms with Gasteiger partial charge in [0.15, 0.2) is 5.76 Å². The maximum absolute atomic E-state index is 12.0. The van der Waals surface area contributed by atoms with Crippen LogP contribution in [0.1, 0.15) is 22.2 Å². The number of amides is 1. The fourth-order valence-corrected chi connectivity index (χ4v) is 2.07. The number of ether oxygens (including phenoxy) is 2. The second kappa shape index (κ2) is 7.41. The zero-order valence-electron chi connectivity index (χ0n) is 12.6. The minimum absolute atomic E-state index is 0.133. The number of nitrogens with one attached hydrogen (secondary N) is 1. The molecule has 1 unspecified atom stereocenters. The first kappa shape index (κ1) is 16.5. The van der Waals surface area contributed by atoms with Gasteiger partial charge in [0, 0.05) is 19.2 Å². The number of carbonyl (C=O) groups excluding carboxylic acids is 1. The van der Waals surface area contributed by atoms with Gasteiger partial charge in [0.25, 0.3) is 5.91 Å². The Balaban J connectivity index is 2.05. The maximum atomic E-state index is 12.0. The van der Waals surface area contributed by atoms with Crippen molar-refractivity contribution in [2.45, 2.75) is 6.10 Å². The predicted molar refractivity (Wildman–Crippen MR) is 80.4 cm³/mol. The lowest BCUT2D eigenvalue weighted by atomic mass is 10.1. The van der Waals surface area contributed by atoms with E-state index in [1.54, 1.807) is 13.2 Å². The van der Waals surface area contributed by atoms with E-state index in [1.165, 1.54) is 13.2 Å². The third-order valence-corrected chi connectivity index (χ3v) is 3.21. The number of rotatable bonds is 7. The van der Waals surface area contributed by atoms with Gasteiger partial charge in [-0.25, -0.2) is 0 Å². The smallest absolute Gasteiger partial charge is 0.433 e. The maximum Gasteiger partial charge on any atom is 0.433 e. The number of para-hydroxylation sites is 1. The molecule has 23 heavy (non-hydrogen) atoms. The van der Waals surface area contributed by atoms with Gasteiger partial charge in [-0.1, -0.05) is 18.2 Å². The highest BCUT2D eigenvalue weighted by atomic mass is 16.6. The van der Waals surface area contributed by atoms with Gasteiger partial charge >= 0.3 is 5.88 Å². The first-order chi connectivity index (χ1) is 11.1. The molecule has 0 aliphatic carbocycles. The summed E-state index contributed by atoms with van der Waals surface area (Å²) < 4.78 is 15.5. The largest absolute Gasteiger partial charge is 0.496 e. The van der Waals surface area contributed by atoms with Crippen LogP contribution in [0.25, 0.3) is 0 Å². The molecule has 0 bridgehead atoms. The van der Waals surface area contributed by atoms with Crippen molar-refractivity contribution in [2.24, 2.45) is 0 Å². The van der Waals surface area contributed by atoms with Gasteiger partial charge in [-0.3, -0.25) is 14.9 Å². The van der Waals surface area contributed by atoms with Crippen LogP contribution in [0.3, 0.4) is 0 Å². The molecule has 0 aliphatic heterocycles. The quantitative estimate of drug-likeness (QED) is 0.620. The summed E-state index contributed by atoms with van der Waals surface area (Å²) in [6.07, 6.45) is -0.431. The fourth-order valence-electron chi connectivity index (χ4n) is 2.07. The lowest BCUT2D eigenvalue weighted by Gasteiger charge is -2.18. The highest BCUT2D eigenvalue weighted by Crippen LogP contribution is 2.26. The zero-order chi connectivity index (χ0) is 16.8. The zero-order valence-corrected chi connectivity index (χ0v) is 12.6.